The molecule has 1 aromatic carbocycles. The van der Waals surface area contributed by atoms with Crippen molar-refractivity contribution in [3.63, 3.8) is 0 Å². The fourth-order valence-corrected chi connectivity index (χ4v) is 5.43. The Bertz CT molecular complexity index is 1570. The Balaban J connectivity index is 1.27. The molecule has 3 aliphatic heterocycles. The van der Waals surface area contributed by atoms with Crippen molar-refractivity contribution in [3.05, 3.63) is 59.8 Å². The largest absolute Gasteiger partial charge is 0.475 e. The number of amides is 2. The number of anilines is 3. The van der Waals surface area contributed by atoms with Crippen LogP contribution in [-0.4, -0.2) is 60.2 Å². The SMILES string of the molecule is CC1(C)OCC(COc2cc(NC(=O)N3c4nc(-c5cccc(C(F)(F)F)c5)c(C#N)cc4N4CC[C@H]3C4)ccn2)O1. The van der Waals surface area contributed by atoms with Crippen molar-refractivity contribution in [2.45, 2.75) is 44.4 Å². The first-order valence-corrected chi connectivity index (χ1v) is 13.4. The maximum atomic E-state index is 13.7. The van der Waals surface area contributed by atoms with Gasteiger partial charge in [0.25, 0.3) is 0 Å². The number of carbonyl (C=O) groups is 1. The van der Waals surface area contributed by atoms with Crippen LogP contribution in [0.25, 0.3) is 11.3 Å². The minimum Gasteiger partial charge on any atom is -0.475 e. The van der Waals surface area contributed by atoms with Crippen LogP contribution in [0.3, 0.4) is 0 Å². The number of carbonyl (C=O) groups excluding carboxylic acids is 1. The molecule has 3 aromatic rings. The number of urea groups is 1. The van der Waals surface area contributed by atoms with Gasteiger partial charge in [0.1, 0.15) is 18.8 Å². The van der Waals surface area contributed by atoms with Crippen molar-refractivity contribution in [1.82, 2.24) is 9.97 Å². The minimum atomic E-state index is -4.56. The van der Waals surface area contributed by atoms with Gasteiger partial charge in [0.15, 0.2) is 11.6 Å². The zero-order valence-electron chi connectivity index (χ0n) is 22.8. The van der Waals surface area contributed by atoms with Gasteiger partial charge < -0.3 is 24.4 Å². The average molecular weight is 581 g/mol. The number of hydrogen-bond donors (Lipinski definition) is 1. The van der Waals surface area contributed by atoms with Crippen LogP contribution in [0.15, 0.2) is 48.7 Å². The predicted octanol–water partition coefficient (Wildman–Crippen LogP) is 5.20. The fraction of sp³-hybridized carbons (Fsp3) is 0.379. The van der Waals surface area contributed by atoms with Crippen molar-refractivity contribution < 1.29 is 32.2 Å². The van der Waals surface area contributed by atoms with E-state index < -0.39 is 23.6 Å². The molecule has 1 N–H and O–H groups in total. The first kappa shape index (κ1) is 27.7. The van der Waals surface area contributed by atoms with Crippen molar-refractivity contribution in [2.24, 2.45) is 0 Å². The highest BCUT2D eigenvalue weighted by atomic mass is 19.4. The topological polar surface area (TPSA) is 113 Å². The first-order valence-electron chi connectivity index (χ1n) is 13.4. The molecule has 10 nitrogen and oxygen atoms in total. The summed E-state index contributed by atoms with van der Waals surface area (Å²) in [5, 5.41) is 12.7. The molecule has 2 atom stereocenters. The molecule has 2 fully saturated rings. The standard InChI is InChI=1S/C29H27F3N6O4/c1-28(2)41-16-22(42-28)15-40-24-12-20(6-8-34-24)35-27(39)38-21-7-9-37(14-21)23-11-18(13-33)25(36-26(23)38)17-4-3-5-19(10-17)29(30,31)32/h3-6,8,10-12,21-22H,7,9,14-16H2,1-2H3,(H,34,35,39)/t21-,22?/m0/s1. The molecule has 0 saturated carbocycles. The maximum Gasteiger partial charge on any atom is 0.416 e. The molecular formula is C29H27F3N6O4. The number of aromatic nitrogens is 2. The lowest BCUT2D eigenvalue weighted by atomic mass is 10.0. The van der Waals surface area contributed by atoms with Crippen LogP contribution in [0.1, 0.15) is 31.4 Å². The number of nitrogens with zero attached hydrogens (tertiary/aromatic N) is 5. The van der Waals surface area contributed by atoms with Crippen LogP contribution >= 0.6 is 0 Å². The Kier molecular flexibility index (Phi) is 6.90. The number of nitriles is 1. The Morgan fingerprint density at radius 1 is 1.26 bits per heavy atom. The molecule has 0 aliphatic carbocycles. The number of pyridine rings is 2. The van der Waals surface area contributed by atoms with E-state index in [0.29, 0.717) is 37.5 Å². The zero-order chi connectivity index (χ0) is 29.6. The number of hydrogen-bond acceptors (Lipinski definition) is 8. The summed E-state index contributed by atoms with van der Waals surface area (Å²) in [6, 6.07) is 10.8. The smallest absolute Gasteiger partial charge is 0.416 e. The molecule has 0 radical (unpaired) electrons. The van der Waals surface area contributed by atoms with E-state index in [1.807, 2.05) is 18.7 Å². The van der Waals surface area contributed by atoms with E-state index >= 15 is 0 Å². The highest BCUT2D eigenvalue weighted by Gasteiger charge is 2.41. The Morgan fingerprint density at radius 3 is 2.83 bits per heavy atom. The van der Waals surface area contributed by atoms with Gasteiger partial charge in [-0.3, -0.25) is 4.90 Å². The van der Waals surface area contributed by atoms with Crippen molar-refractivity contribution in [3.8, 4) is 23.2 Å². The van der Waals surface area contributed by atoms with E-state index in [0.717, 1.165) is 12.1 Å². The lowest BCUT2D eigenvalue weighted by Gasteiger charge is -2.36. The summed E-state index contributed by atoms with van der Waals surface area (Å²) in [6.45, 7) is 5.44. The lowest BCUT2D eigenvalue weighted by molar-refractivity contribution is -0.141. The quantitative estimate of drug-likeness (QED) is 0.439. The number of ether oxygens (including phenoxy) is 3. The normalized spacial score (nSPS) is 20.7. The van der Waals surface area contributed by atoms with E-state index in [-0.39, 0.29) is 47.3 Å². The molecule has 3 aliphatic rings. The van der Waals surface area contributed by atoms with Gasteiger partial charge in [0, 0.05) is 36.6 Å². The van der Waals surface area contributed by atoms with E-state index in [2.05, 4.69) is 21.4 Å². The van der Waals surface area contributed by atoms with Gasteiger partial charge in [-0.25, -0.2) is 14.8 Å². The Labute approximate surface area is 239 Å². The third-order valence-electron chi connectivity index (χ3n) is 7.35. The average Bonchev–Trinajstić information content (AvgIpc) is 3.54. The summed E-state index contributed by atoms with van der Waals surface area (Å²) in [7, 11) is 0. The molecule has 0 spiro atoms. The summed E-state index contributed by atoms with van der Waals surface area (Å²) in [5.41, 5.74) is 0.481. The number of benzene rings is 1. The number of halogens is 3. The van der Waals surface area contributed by atoms with Crippen LogP contribution in [0.4, 0.5) is 35.2 Å². The lowest BCUT2D eigenvalue weighted by Crippen LogP contribution is -2.48. The zero-order valence-corrected chi connectivity index (χ0v) is 22.8. The van der Waals surface area contributed by atoms with E-state index in [9.17, 15) is 23.2 Å². The van der Waals surface area contributed by atoms with Crippen LogP contribution in [-0.2, 0) is 15.7 Å². The second-order valence-electron chi connectivity index (χ2n) is 10.8. The van der Waals surface area contributed by atoms with Gasteiger partial charge in [-0.05, 0) is 44.5 Å². The second kappa shape index (κ2) is 10.5. The summed E-state index contributed by atoms with van der Waals surface area (Å²) < 4.78 is 57.4. The van der Waals surface area contributed by atoms with E-state index in [1.54, 1.807) is 18.2 Å². The number of alkyl halides is 3. The van der Waals surface area contributed by atoms with Crippen molar-refractivity contribution >= 4 is 23.2 Å². The maximum absolute atomic E-state index is 13.7. The number of rotatable bonds is 5. The molecule has 1 unspecified atom stereocenters. The van der Waals surface area contributed by atoms with Gasteiger partial charge in [-0.2, -0.15) is 18.4 Å². The monoisotopic (exact) mass is 580 g/mol. The molecule has 2 bridgehead atoms. The summed E-state index contributed by atoms with van der Waals surface area (Å²) in [6.07, 6.45) is -2.65. The summed E-state index contributed by atoms with van der Waals surface area (Å²) >= 11 is 0. The minimum absolute atomic E-state index is 0.0727. The number of nitrogens with one attached hydrogen (secondary N) is 1. The molecular weight excluding hydrogens is 553 g/mol. The second-order valence-corrected chi connectivity index (χ2v) is 10.8. The highest BCUT2D eigenvalue weighted by molar-refractivity contribution is 6.05. The predicted molar refractivity (Wildman–Crippen MR) is 146 cm³/mol. The van der Waals surface area contributed by atoms with Gasteiger partial charge in [-0.1, -0.05) is 12.1 Å². The van der Waals surface area contributed by atoms with Gasteiger partial charge in [0.2, 0.25) is 5.88 Å². The first-order chi connectivity index (χ1) is 20.0. The highest BCUT2D eigenvalue weighted by Crippen LogP contribution is 2.42. The van der Waals surface area contributed by atoms with Crippen LogP contribution < -0.4 is 19.9 Å². The summed E-state index contributed by atoms with van der Waals surface area (Å²) in [5.74, 6) is -0.115. The molecule has 218 valence electrons. The van der Waals surface area contributed by atoms with Crippen LogP contribution in [0, 0.1) is 11.3 Å². The van der Waals surface area contributed by atoms with Gasteiger partial charge >= 0.3 is 12.2 Å². The molecule has 2 saturated heterocycles. The molecule has 6 rings (SSSR count). The molecule has 2 amide bonds. The summed E-state index contributed by atoms with van der Waals surface area (Å²) in [4.78, 5) is 26.1. The third-order valence-corrected chi connectivity index (χ3v) is 7.35. The number of fused-ring (bicyclic) bond motifs is 4. The fourth-order valence-electron chi connectivity index (χ4n) is 5.43. The van der Waals surface area contributed by atoms with Crippen LogP contribution in [0.5, 0.6) is 5.88 Å². The van der Waals surface area contributed by atoms with Gasteiger partial charge in [-0.15, -0.1) is 0 Å². The molecule has 13 heteroatoms. The van der Waals surface area contributed by atoms with Crippen LogP contribution in [0.2, 0.25) is 0 Å². The van der Waals surface area contributed by atoms with Gasteiger partial charge in [0.05, 0.1) is 35.2 Å². The molecule has 42 heavy (non-hydrogen) atoms. The molecule has 2 aromatic heterocycles. The van der Waals surface area contributed by atoms with Crippen molar-refractivity contribution in [1.29, 1.82) is 5.26 Å². The van der Waals surface area contributed by atoms with Crippen molar-refractivity contribution in [2.75, 3.05) is 41.4 Å². The Hall–Kier alpha value is -4.41. The van der Waals surface area contributed by atoms with E-state index in [4.69, 9.17) is 14.2 Å². The molecule has 5 heterocycles. The third kappa shape index (κ3) is 5.43. The Morgan fingerprint density at radius 2 is 2.10 bits per heavy atom. The van der Waals surface area contributed by atoms with E-state index in [1.165, 1.54) is 23.2 Å².